The van der Waals surface area contributed by atoms with E-state index in [0.717, 1.165) is 125 Å². The number of nitrogens with one attached hydrogen (secondary N) is 3. The van der Waals surface area contributed by atoms with Gasteiger partial charge in [-0.15, -0.1) is 11.3 Å². The van der Waals surface area contributed by atoms with Crippen LogP contribution in [0.15, 0.2) is 83.3 Å². The van der Waals surface area contributed by atoms with Gasteiger partial charge in [-0.25, -0.2) is 18.1 Å². The van der Waals surface area contributed by atoms with Crippen LogP contribution >= 0.6 is 11.3 Å². The van der Waals surface area contributed by atoms with Crippen LogP contribution in [0.4, 0.5) is 34.3 Å². The van der Waals surface area contributed by atoms with Gasteiger partial charge in [-0.2, -0.15) is 4.98 Å². The number of hydrogen-bond acceptors (Lipinski definition) is 19. The number of carbonyl (C=O) groups excluding carboxylic acids is 1. The summed E-state index contributed by atoms with van der Waals surface area (Å²) in [5.41, 5.74) is 4.62. The molecule has 23 heteroatoms. The van der Waals surface area contributed by atoms with Crippen LogP contribution in [0.5, 0.6) is 11.6 Å². The Kier molecular flexibility index (Phi) is 16.2. The zero-order valence-corrected chi connectivity index (χ0v) is 51.2. The van der Waals surface area contributed by atoms with E-state index in [-0.39, 0.29) is 34.7 Å². The molecule has 86 heavy (non-hydrogen) atoms. The van der Waals surface area contributed by atoms with Crippen molar-refractivity contribution in [3.8, 4) is 11.6 Å². The predicted molar refractivity (Wildman–Crippen MR) is 331 cm³/mol. The maximum absolute atomic E-state index is 14.9. The van der Waals surface area contributed by atoms with Gasteiger partial charge in [0.2, 0.25) is 5.88 Å². The number of fused-ring (bicyclic) bond motifs is 3. The van der Waals surface area contributed by atoms with Crippen LogP contribution in [0.25, 0.3) is 11.0 Å². The van der Waals surface area contributed by atoms with E-state index in [1.165, 1.54) is 22.6 Å². The van der Waals surface area contributed by atoms with Gasteiger partial charge in [-0.3, -0.25) is 24.7 Å². The van der Waals surface area contributed by atoms with Crippen LogP contribution < -0.4 is 34.2 Å². The van der Waals surface area contributed by atoms with Gasteiger partial charge in [0, 0.05) is 112 Å². The third kappa shape index (κ3) is 11.7. The third-order valence-corrected chi connectivity index (χ3v) is 22.1. The second kappa shape index (κ2) is 23.8. The van der Waals surface area contributed by atoms with Crippen LogP contribution in [0.3, 0.4) is 0 Å². The summed E-state index contributed by atoms with van der Waals surface area (Å²) in [6, 6.07) is 18.2. The lowest BCUT2D eigenvalue weighted by atomic mass is 9.59. The minimum atomic E-state index is -4.65. The molecule has 4 N–H and O–H groups in total. The number of H-pyrrole nitrogens is 1. The van der Waals surface area contributed by atoms with E-state index in [1.54, 1.807) is 13.2 Å². The Hall–Kier alpha value is -6.60. The maximum Gasteiger partial charge on any atom is 0.293 e. The number of aromatic nitrogens is 3. The number of amides is 1. The molecule has 4 saturated heterocycles. The summed E-state index contributed by atoms with van der Waals surface area (Å²) in [5, 5.41) is 29.2. The van der Waals surface area contributed by atoms with Crippen molar-refractivity contribution in [2.24, 2.45) is 11.3 Å². The zero-order chi connectivity index (χ0) is 59.5. The number of hydrogen-bond donors (Lipinski definition) is 4. The number of piperidine rings is 1. The second-order valence-electron chi connectivity index (χ2n) is 25.5. The van der Waals surface area contributed by atoms with Crippen molar-refractivity contribution >= 4 is 72.6 Å². The van der Waals surface area contributed by atoms with E-state index in [9.17, 15) is 28.4 Å². The van der Waals surface area contributed by atoms with Gasteiger partial charge in [0.15, 0.2) is 11.6 Å². The van der Waals surface area contributed by atoms with Crippen LogP contribution in [0, 0.1) is 21.4 Å². The summed E-state index contributed by atoms with van der Waals surface area (Å²) in [6.07, 6.45) is 11.0. The molecular formula is C63H79N11O10S2. The molecule has 4 aromatic heterocycles. The van der Waals surface area contributed by atoms with Crippen molar-refractivity contribution in [1.82, 2.24) is 29.5 Å². The van der Waals surface area contributed by atoms with E-state index < -0.39 is 43.1 Å². The summed E-state index contributed by atoms with van der Waals surface area (Å²) in [7, 11) is -2.92. The summed E-state index contributed by atoms with van der Waals surface area (Å²) in [4.78, 5) is 52.9. The lowest BCUT2D eigenvalue weighted by Crippen LogP contribution is -2.59. The summed E-state index contributed by atoms with van der Waals surface area (Å²) >= 11 is 1.87. The number of nitro benzene ring substituents is 1. The van der Waals surface area contributed by atoms with Crippen LogP contribution in [0.2, 0.25) is 0 Å². The van der Waals surface area contributed by atoms with Gasteiger partial charge in [0.05, 0.1) is 59.6 Å². The number of benzene rings is 2. The largest absolute Gasteiger partial charge is 0.493 e. The molecule has 13 rings (SSSR count). The minimum Gasteiger partial charge on any atom is -0.493 e. The minimum absolute atomic E-state index is 0.109. The Balaban J connectivity index is 0.739. The smallest absolute Gasteiger partial charge is 0.293 e. The zero-order valence-electron chi connectivity index (χ0n) is 49.5. The number of morpholine rings is 1. The fourth-order valence-corrected chi connectivity index (χ4v) is 16.6. The van der Waals surface area contributed by atoms with E-state index in [2.05, 4.69) is 70.9 Å². The first-order valence-corrected chi connectivity index (χ1v) is 33.0. The molecule has 0 bridgehead atoms. The molecule has 7 aliphatic rings. The molecule has 21 nitrogen and oxygen atoms in total. The predicted octanol–water partition coefficient (Wildman–Crippen LogP) is 9.36. The van der Waals surface area contributed by atoms with E-state index in [0.29, 0.717) is 87.1 Å². The fraction of sp³-hybridized carbons (Fsp3) is 0.540. The molecule has 2 aliphatic carbocycles. The number of ether oxygens (including phenoxy) is 4. The molecule has 458 valence electrons. The van der Waals surface area contributed by atoms with Crippen molar-refractivity contribution in [2.75, 3.05) is 106 Å². The Bertz CT molecular complexity index is 3580. The van der Waals surface area contributed by atoms with Gasteiger partial charge in [-0.1, -0.05) is 13.8 Å². The number of methoxy groups -OCH3 is 1. The Labute approximate surface area is 506 Å². The number of aliphatic hydroxyl groups is 1. The first kappa shape index (κ1) is 58.4. The van der Waals surface area contributed by atoms with Gasteiger partial charge in [0.1, 0.15) is 23.1 Å². The average molecular weight is 1210 g/mol. The lowest BCUT2D eigenvalue weighted by Gasteiger charge is -2.58. The van der Waals surface area contributed by atoms with Crippen LogP contribution in [-0.2, 0) is 26.0 Å². The number of thiophene rings is 1. The first-order chi connectivity index (χ1) is 41.5. The number of pyridine rings is 2. The Morgan fingerprint density at radius 3 is 2.51 bits per heavy atom. The van der Waals surface area contributed by atoms with Gasteiger partial charge < -0.3 is 49.1 Å². The van der Waals surface area contributed by atoms with Gasteiger partial charge >= 0.3 is 0 Å². The second-order valence-corrected chi connectivity index (χ2v) is 28.1. The van der Waals surface area contributed by atoms with Crippen molar-refractivity contribution in [3.05, 3.63) is 110 Å². The molecule has 5 aliphatic heterocycles. The van der Waals surface area contributed by atoms with E-state index >= 15 is 0 Å². The number of piperazine rings is 1. The quantitative estimate of drug-likeness (QED) is 0.0522. The van der Waals surface area contributed by atoms with Gasteiger partial charge in [0.25, 0.3) is 21.6 Å². The highest BCUT2D eigenvalue weighted by Crippen LogP contribution is 2.54. The number of rotatable bonds is 16. The molecule has 1 spiro atoms. The van der Waals surface area contributed by atoms with Crippen molar-refractivity contribution < 1.29 is 42.2 Å². The standard InChI is InChI=1S/C63H79N11O10S2/c1-40(2)57-47(13-28-85-57)54-38-69(37-42-29-55(81-4)59(66-36-42)71-23-26-82-27-24-71)21-22-72(54)45-33-63(34-45)16-19-70(20-17-63)44-5-7-48(51(31-44)73-50-12-25-83-39-56(50)84-61-53(73)30-43-11-18-64-58(43)67-61)60(75)68-86(79,80)46-6-8-49(52(32-46)74(77)78)65-35-41-9-14-62(3,76)15-10-41/h5-8,11,13,18,28-32,36,40-41,45,50,54,56,65,76H,9-10,12,14-17,19-27,33-35,37-39H2,1-4H3,(H,64,67)(H,68,75)/t41-,50-,54-,56-,62-/m0/s1. The highest BCUT2D eigenvalue weighted by atomic mass is 32.2. The molecular weight excluding hydrogens is 1130 g/mol. The maximum atomic E-state index is 14.9. The Morgan fingerprint density at radius 1 is 0.942 bits per heavy atom. The third-order valence-electron chi connectivity index (χ3n) is 19.5. The number of nitro groups is 1. The van der Waals surface area contributed by atoms with Gasteiger partial charge in [-0.05, 0) is 153 Å². The van der Waals surface area contributed by atoms with Crippen LogP contribution in [0.1, 0.15) is 117 Å². The van der Waals surface area contributed by atoms with E-state index in [1.807, 2.05) is 54.9 Å². The highest BCUT2D eigenvalue weighted by Gasteiger charge is 2.51. The molecule has 6 aromatic rings. The lowest BCUT2D eigenvalue weighted by molar-refractivity contribution is -0.384. The average Bonchev–Trinajstić information content (AvgIpc) is 1.59. The van der Waals surface area contributed by atoms with Crippen molar-refractivity contribution in [3.63, 3.8) is 0 Å². The SMILES string of the molecule is COc1cc(CN2CCN(C3CC4(CCN(c5ccc(C(=O)NS(=O)(=O)c6ccc(NC[C@H]7CC[C@](C)(O)CC7)c([N+](=O)[O-])c6)c(N6c7cc8cc[nH]c8nc7O[C@H]7COCC[C@@H]76)c5)CC4)C3)[C@H](c3ccsc3C(C)C)C2)cnc1N1CCOCC1. The summed E-state index contributed by atoms with van der Waals surface area (Å²) in [5.74, 6) is 1.78. The fourth-order valence-electron chi connectivity index (χ4n) is 14.6. The molecule has 9 heterocycles. The molecule has 0 unspecified atom stereocenters. The topological polar surface area (TPSA) is 233 Å². The molecule has 3 atom stereocenters. The number of sulfonamides is 1. The number of nitrogens with zero attached hydrogens (tertiary/aromatic N) is 8. The number of anilines is 5. The first-order valence-electron chi connectivity index (χ1n) is 30.6. The molecule has 0 radical (unpaired) electrons. The Morgan fingerprint density at radius 2 is 1.74 bits per heavy atom. The van der Waals surface area contributed by atoms with Crippen molar-refractivity contribution in [1.29, 1.82) is 0 Å². The van der Waals surface area contributed by atoms with E-state index in [4.69, 9.17) is 28.9 Å². The van der Waals surface area contributed by atoms with Crippen LogP contribution in [-0.4, -0.2) is 159 Å². The molecule has 1 amide bonds. The van der Waals surface area contributed by atoms with Crippen molar-refractivity contribution in [2.45, 2.75) is 126 Å². The highest BCUT2D eigenvalue weighted by molar-refractivity contribution is 7.90. The normalized spacial score (nSPS) is 24.7. The molecule has 2 saturated carbocycles. The molecule has 6 fully saturated rings. The summed E-state index contributed by atoms with van der Waals surface area (Å²) < 4.78 is 55.0. The number of carbonyl (C=O) groups is 1. The monoisotopic (exact) mass is 1210 g/mol. The summed E-state index contributed by atoms with van der Waals surface area (Å²) in [6.45, 7) is 15.8. The molecule has 2 aromatic carbocycles. The number of aromatic amines is 1.